The summed E-state index contributed by atoms with van der Waals surface area (Å²) in [5.74, 6) is -0.571. The lowest BCUT2D eigenvalue weighted by atomic mass is 9.62. The Morgan fingerprint density at radius 2 is 1.84 bits per heavy atom. The van der Waals surface area contributed by atoms with Gasteiger partial charge >= 0.3 is 18.2 Å². The second kappa shape index (κ2) is 8.73. The van der Waals surface area contributed by atoms with Crippen molar-refractivity contribution in [1.29, 1.82) is 0 Å². The van der Waals surface area contributed by atoms with Gasteiger partial charge in [-0.1, -0.05) is 27.4 Å². The SMILES string of the molecule is C=CC(=O)OCCOC(=O)NCC1(C)CC(NC(=O)O)CC(C)(C)C1. The van der Waals surface area contributed by atoms with Gasteiger partial charge in [0, 0.05) is 18.7 Å². The first-order valence-corrected chi connectivity index (χ1v) is 8.24. The molecule has 0 saturated heterocycles. The van der Waals surface area contributed by atoms with Crippen LogP contribution in [-0.4, -0.2) is 49.1 Å². The summed E-state index contributed by atoms with van der Waals surface area (Å²) >= 11 is 0. The number of hydrogen-bond donors (Lipinski definition) is 3. The molecule has 2 amide bonds. The van der Waals surface area contributed by atoms with Gasteiger partial charge < -0.3 is 25.2 Å². The van der Waals surface area contributed by atoms with Crippen LogP contribution in [-0.2, 0) is 14.3 Å². The van der Waals surface area contributed by atoms with E-state index in [4.69, 9.17) is 14.6 Å². The number of alkyl carbamates (subject to hydrolysis) is 1. The first-order valence-electron chi connectivity index (χ1n) is 8.24. The molecule has 1 fully saturated rings. The Bertz CT molecular complexity index is 519. The number of carbonyl (C=O) groups excluding carboxylic acids is 2. The zero-order valence-corrected chi connectivity index (χ0v) is 15.1. The molecule has 1 rings (SSSR count). The smallest absolute Gasteiger partial charge is 0.407 e. The Labute approximate surface area is 147 Å². The standard InChI is InChI=1S/C17H28N2O6/c1-5-13(20)24-6-7-25-15(23)18-11-17(4)9-12(19-14(21)22)8-16(2,3)10-17/h5,12,19H,1,6-11H2,2-4H3,(H,18,23)(H,21,22). The Morgan fingerprint density at radius 1 is 1.20 bits per heavy atom. The zero-order valence-electron chi connectivity index (χ0n) is 15.1. The van der Waals surface area contributed by atoms with Crippen molar-refractivity contribution in [2.75, 3.05) is 19.8 Å². The van der Waals surface area contributed by atoms with Crippen molar-refractivity contribution in [2.24, 2.45) is 10.8 Å². The summed E-state index contributed by atoms with van der Waals surface area (Å²) in [4.78, 5) is 33.5. The van der Waals surface area contributed by atoms with Gasteiger partial charge in [-0.15, -0.1) is 0 Å². The molecule has 2 atom stereocenters. The molecule has 0 spiro atoms. The fraction of sp³-hybridized carbons (Fsp3) is 0.706. The largest absolute Gasteiger partial charge is 0.465 e. The van der Waals surface area contributed by atoms with Crippen LogP contribution in [0.5, 0.6) is 0 Å². The molecular weight excluding hydrogens is 328 g/mol. The molecule has 2 unspecified atom stereocenters. The average Bonchev–Trinajstić information content (AvgIpc) is 2.46. The monoisotopic (exact) mass is 356 g/mol. The van der Waals surface area contributed by atoms with Crippen LogP contribution in [0, 0.1) is 10.8 Å². The molecule has 3 N–H and O–H groups in total. The van der Waals surface area contributed by atoms with Crippen molar-refractivity contribution in [3.63, 3.8) is 0 Å². The molecule has 1 saturated carbocycles. The number of rotatable bonds is 7. The van der Waals surface area contributed by atoms with E-state index in [1.807, 2.05) is 6.92 Å². The van der Waals surface area contributed by atoms with Crippen molar-refractivity contribution in [3.05, 3.63) is 12.7 Å². The molecule has 142 valence electrons. The van der Waals surface area contributed by atoms with Crippen LogP contribution in [0.3, 0.4) is 0 Å². The second-order valence-electron chi connectivity index (χ2n) is 7.57. The predicted octanol–water partition coefficient (Wildman–Crippen LogP) is 2.29. The minimum atomic E-state index is -1.04. The molecule has 8 nitrogen and oxygen atoms in total. The van der Waals surface area contributed by atoms with Crippen LogP contribution in [0.2, 0.25) is 0 Å². The van der Waals surface area contributed by atoms with Crippen molar-refractivity contribution >= 4 is 18.2 Å². The third kappa shape index (κ3) is 7.91. The summed E-state index contributed by atoms with van der Waals surface area (Å²) < 4.78 is 9.65. The molecule has 0 aromatic carbocycles. The molecule has 0 bridgehead atoms. The van der Waals surface area contributed by atoms with E-state index < -0.39 is 18.2 Å². The van der Waals surface area contributed by atoms with Crippen molar-refractivity contribution in [1.82, 2.24) is 10.6 Å². The molecule has 0 aromatic rings. The van der Waals surface area contributed by atoms with Crippen LogP contribution in [0.25, 0.3) is 0 Å². The van der Waals surface area contributed by atoms with E-state index in [0.717, 1.165) is 18.9 Å². The van der Waals surface area contributed by atoms with Gasteiger partial charge in [-0.2, -0.15) is 0 Å². The van der Waals surface area contributed by atoms with Gasteiger partial charge in [-0.3, -0.25) is 0 Å². The van der Waals surface area contributed by atoms with Gasteiger partial charge in [0.15, 0.2) is 0 Å². The summed E-state index contributed by atoms with van der Waals surface area (Å²) in [5, 5.41) is 14.2. The summed E-state index contributed by atoms with van der Waals surface area (Å²) in [6, 6.07) is -0.151. The van der Waals surface area contributed by atoms with Gasteiger partial charge in [-0.05, 0) is 30.1 Å². The maximum Gasteiger partial charge on any atom is 0.407 e. The highest BCUT2D eigenvalue weighted by molar-refractivity contribution is 5.81. The van der Waals surface area contributed by atoms with Crippen LogP contribution in [0.15, 0.2) is 12.7 Å². The maximum atomic E-state index is 11.8. The number of hydrogen-bond acceptors (Lipinski definition) is 5. The van der Waals surface area contributed by atoms with Crippen LogP contribution >= 0.6 is 0 Å². The molecule has 8 heteroatoms. The summed E-state index contributed by atoms with van der Waals surface area (Å²) in [6.45, 7) is 9.76. The lowest BCUT2D eigenvalue weighted by molar-refractivity contribution is -0.138. The van der Waals surface area contributed by atoms with Gasteiger partial charge in [-0.25, -0.2) is 14.4 Å². The Kier molecular flexibility index (Phi) is 7.26. The van der Waals surface area contributed by atoms with Gasteiger partial charge in [0.1, 0.15) is 13.2 Å². The third-order valence-corrected chi connectivity index (χ3v) is 4.16. The molecule has 0 heterocycles. The molecule has 0 aromatic heterocycles. The number of esters is 1. The average molecular weight is 356 g/mol. The minimum Gasteiger partial charge on any atom is -0.465 e. The highest BCUT2D eigenvalue weighted by Crippen LogP contribution is 2.45. The van der Waals surface area contributed by atoms with E-state index in [1.165, 1.54) is 0 Å². The van der Waals surface area contributed by atoms with E-state index in [2.05, 4.69) is 31.1 Å². The number of ether oxygens (including phenoxy) is 2. The van der Waals surface area contributed by atoms with E-state index >= 15 is 0 Å². The van der Waals surface area contributed by atoms with E-state index in [0.29, 0.717) is 13.0 Å². The molecule has 0 aliphatic heterocycles. The first kappa shape index (κ1) is 20.8. The Balaban J connectivity index is 2.44. The number of carboxylic acid groups (broad SMARTS) is 1. The molecule has 25 heavy (non-hydrogen) atoms. The van der Waals surface area contributed by atoms with E-state index in [9.17, 15) is 14.4 Å². The maximum absolute atomic E-state index is 11.8. The van der Waals surface area contributed by atoms with Gasteiger partial charge in [0.05, 0.1) is 0 Å². The fourth-order valence-electron chi connectivity index (χ4n) is 3.72. The second-order valence-corrected chi connectivity index (χ2v) is 7.57. The zero-order chi connectivity index (χ0) is 19.1. The minimum absolute atomic E-state index is 0.0345. The molecule has 1 aliphatic carbocycles. The van der Waals surface area contributed by atoms with Crippen LogP contribution in [0.4, 0.5) is 9.59 Å². The van der Waals surface area contributed by atoms with Crippen LogP contribution in [0.1, 0.15) is 40.0 Å². The van der Waals surface area contributed by atoms with Crippen molar-refractivity contribution in [2.45, 2.75) is 46.1 Å². The Hall–Kier alpha value is -2.25. The van der Waals surface area contributed by atoms with E-state index in [-0.39, 0.29) is 30.1 Å². The molecular formula is C17H28N2O6. The lowest BCUT2D eigenvalue weighted by Gasteiger charge is -2.46. The number of nitrogens with one attached hydrogen (secondary N) is 2. The molecule has 0 radical (unpaired) electrons. The predicted molar refractivity (Wildman–Crippen MR) is 91.2 cm³/mol. The molecule has 1 aliphatic rings. The quantitative estimate of drug-likeness (QED) is 0.366. The summed E-state index contributed by atoms with van der Waals surface area (Å²) in [7, 11) is 0. The highest BCUT2D eigenvalue weighted by Gasteiger charge is 2.41. The highest BCUT2D eigenvalue weighted by atomic mass is 16.6. The normalized spacial score (nSPS) is 24.7. The van der Waals surface area contributed by atoms with E-state index in [1.54, 1.807) is 0 Å². The number of carbonyl (C=O) groups is 3. The Morgan fingerprint density at radius 3 is 2.44 bits per heavy atom. The van der Waals surface area contributed by atoms with Gasteiger partial charge in [0.2, 0.25) is 0 Å². The first-order chi connectivity index (χ1) is 11.6. The summed E-state index contributed by atoms with van der Waals surface area (Å²) in [6.07, 6.45) is 1.66. The van der Waals surface area contributed by atoms with Crippen molar-refractivity contribution < 1.29 is 29.0 Å². The van der Waals surface area contributed by atoms with Crippen LogP contribution < -0.4 is 10.6 Å². The third-order valence-electron chi connectivity index (χ3n) is 4.16. The lowest BCUT2D eigenvalue weighted by Crippen LogP contribution is -2.50. The topological polar surface area (TPSA) is 114 Å². The summed E-state index contributed by atoms with van der Waals surface area (Å²) in [5.41, 5.74) is -0.284. The number of amides is 2. The fourth-order valence-corrected chi connectivity index (χ4v) is 3.72. The van der Waals surface area contributed by atoms with Crippen molar-refractivity contribution in [3.8, 4) is 0 Å². The van der Waals surface area contributed by atoms with Gasteiger partial charge in [0.25, 0.3) is 0 Å².